The van der Waals surface area contributed by atoms with Gasteiger partial charge in [0.25, 0.3) is 0 Å². The summed E-state index contributed by atoms with van der Waals surface area (Å²) < 4.78 is 40.6. The number of rotatable bonds is 12. The minimum atomic E-state index is -3.97. The fourth-order valence-corrected chi connectivity index (χ4v) is 6.22. The van der Waals surface area contributed by atoms with E-state index >= 15 is 0 Å². The molecule has 8 nitrogen and oxygen atoms in total. The van der Waals surface area contributed by atoms with E-state index in [0.717, 1.165) is 48.2 Å². The lowest BCUT2D eigenvalue weighted by atomic mass is 9.94. The molecule has 1 aliphatic carbocycles. The van der Waals surface area contributed by atoms with Gasteiger partial charge in [0.1, 0.15) is 18.4 Å². The second kappa shape index (κ2) is 14.4. The molecule has 0 aliphatic heterocycles. The third-order valence-corrected chi connectivity index (χ3v) is 8.85. The first-order valence-electron chi connectivity index (χ1n) is 14.5. The van der Waals surface area contributed by atoms with E-state index in [-0.39, 0.29) is 36.4 Å². The van der Waals surface area contributed by atoms with Crippen molar-refractivity contribution in [2.24, 2.45) is 0 Å². The van der Waals surface area contributed by atoms with E-state index in [1.54, 1.807) is 24.3 Å². The molecule has 0 unspecified atom stereocenters. The van der Waals surface area contributed by atoms with E-state index in [4.69, 9.17) is 0 Å². The summed E-state index contributed by atoms with van der Waals surface area (Å²) in [5, 5.41) is 3.14. The predicted molar refractivity (Wildman–Crippen MR) is 165 cm³/mol. The Morgan fingerprint density at radius 1 is 0.907 bits per heavy atom. The summed E-state index contributed by atoms with van der Waals surface area (Å²) in [4.78, 5) is 41.5. The third-order valence-electron chi connectivity index (χ3n) is 7.71. The minimum Gasteiger partial charge on any atom is -0.352 e. The maximum absolute atomic E-state index is 14.2. The van der Waals surface area contributed by atoms with E-state index in [1.165, 1.54) is 36.1 Å². The lowest BCUT2D eigenvalue weighted by Gasteiger charge is -2.35. The van der Waals surface area contributed by atoms with Gasteiger partial charge in [0.2, 0.25) is 21.8 Å². The van der Waals surface area contributed by atoms with Gasteiger partial charge in [-0.25, -0.2) is 12.8 Å². The molecule has 0 saturated heterocycles. The molecule has 4 rings (SSSR count). The van der Waals surface area contributed by atoms with Gasteiger partial charge in [-0.05, 0) is 55.2 Å². The summed E-state index contributed by atoms with van der Waals surface area (Å²) in [6, 6.07) is 20.0. The average Bonchev–Trinajstić information content (AvgIpc) is 2.99. The summed E-state index contributed by atoms with van der Waals surface area (Å²) in [5.74, 6) is -1.62. The van der Waals surface area contributed by atoms with Crippen LogP contribution in [-0.2, 0) is 32.6 Å². The van der Waals surface area contributed by atoms with Crippen LogP contribution in [0.3, 0.4) is 0 Å². The predicted octanol–water partition coefficient (Wildman–Crippen LogP) is 4.88. The first kappa shape index (κ1) is 31.9. The standard InChI is InChI=1S/C33H38FN3O5S/c1-24(38)27-12-9-15-30(21-27)37(43(2,41)42)23-32(39)36(22-26-16-18-28(34)19-17-26)31(20-25-10-5-3-6-11-25)33(40)35-29-13-7-4-8-14-29/h3,5-6,9-12,15-19,21,29,31H,4,7-8,13-14,20,22-23H2,1-2H3,(H,35,40)/t31-/m0/s1. The number of ketones is 1. The smallest absolute Gasteiger partial charge is 0.244 e. The van der Waals surface area contributed by atoms with Gasteiger partial charge < -0.3 is 10.2 Å². The molecular formula is C33H38FN3O5S. The van der Waals surface area contributed by atoms with Gasteiger partial charge in [0, 0.05) is 24.6 Å². The molecule has 228 valence electrons. The molecule has 1 aliphatic rings. The zero-order valence-corrected chi connectivity index (χ0v) is 25.4. The number of nitrogens with one attached hydrogen (secondary N) is 1. The van der Waals surface area contributed by atoms with Gasteiger partial charge >= 0.3 is 0 Å². The second-order valence-corrected chi connectivity index (χ2v) is 13.0. The first-order chi connectivity index (χ1) is 20.5. The highest BCUT2D eigenvalue weighted by molar-refractivity contribution is 7.92. The average molecular weight is 608 g/mol. The van der Waals surface area contributed by atoms with Crippen LogP contribution < -0.4 is 9.62 Å². The monoisotopic (exact) mass is 607 g/mol. The van der Waals surface area contributed by atoms with Gasteiger partial charge in [0.15, 0.2) is 5.78 Å². The van der Waals surface area contributed by atoms with Crippen molar-refractivity contribution in [3.05, 3.63) is 101 Å². The largest absolute Gasteiger partial charge is 0.352 e. The van der Waals surface area contributed by atoms with Crippen LogP contribution in [0.5, 0.6) is 0 Å². The minimum absolute atomic E-state index is 0.0101. The van der Waals surface area contributed by atoms with Crippen LogP contribution in [0.15, 0.2) is 78.9 Å². The maximum atomic E-state index is 14.2. The van der Waals surface area contributed by atoms with E-state index in [9.17, 15) is 27.2 Å². The van der Waals surface area contributed by atoms with E-state index < -0.39 is 34.3 Å². The highest BCUT2D eigenvalue weighted by Gasteiger charge is 2.34. The molecule has 10 heteroatoms. The van der Waals surface area contributed by atoms with Crippen LogP contribution in [0.25, 0.3) is 0 Å². The number of carbonyl (C=O) groups excluding carboxylic acids is 3. The van der Waals surface area contributed by atoms with E-state index in [0.29, 0.717) is 11.1 Å². The Kier molecular flexibility index (Phi) is 10.7. The number of anilines is 1. The Hall–Kier alpha value is -4.05. The normalized spacial score (nSPS) is 14.5. The van der Waals surface area contributed by atoms with Crippen molar-refractivity contribution < 1.29 is 27.2 Å². The Labute approximate surface area is 252 Å². The fourth-order valence-electron chi connectivity index (χ4n) is 5.38. The number of halogens is 1. The molecule has 0 aromatic heterocycles. The Morgan fingerprint density at radius 2 is 1.58 bits per heavy atom. The molecule has 1 fully saturated rings. The van der Waals surface area contributed by atoms with Crippen molar-refractivity contribution >= 4 is 33.3 Å². The van der Waals surface area contributed by atoms with Gasteiger partial charge in [-0.2, -0.15) is 0 Å². The molecule has 3 aromatic carbocycles. The fraction of sp³-hybridized carbons (Fsp3) is 0.364. The third kappa shape index (κ3) is 8.97. The molecule has 0 spiro atoms. The summed E-state index contributed by atoms with van der Waals surface area (Å²) in [7, 11) is -3.97. The van der Waals surface area contributed by atoms with Crippen LogP contribution in [0.2, 0.25) is 0 Å². The van der Waals surface area contributed by atoms with Crippen LogP contribution >= 0.6 is 0 Å². The lowest BCUT2D eigenvalue weighted by Crippen LogP contribution is -2.55. The van der Waals surface area contributed by atoms with Crippen molar-refractivity contribution in [2.75, 3.05) is 17.1 Å². The Morgan fingerprint density at radius 3 is 2.21 bits per heavy atom. The van der Waals surface area contributed by atoms with E-state index in [2.05, 4.69) is 5.32 Å². The highest BCUT2D eigenvalue weighted by atomic mass is 32.2. The first-order valence-corrected chi connectivity index (χ1v) is 16.3. The number of hydrogen-bond donors (Lipinski definition) is 1. The molecule has 3 aromatic rings. The second-order valence-electron chi connectivity index (χ2n) is 11.1. The highest BCUT2D eigenvalue weighted by Crippen LogP contribution is 2.23. The summed E-state index contributed by atoms with van der Waals surface area (Å²) >= 11 is 0. The molecule has 43 heavy (non-hydrogen) atoms. The van der Waals surface area contributed by atoms with Crippen molar-refractivity contribution in [1.29, 1.82) is 0 Å². The number of benzene rings is 3. The molecule has 0 heterocycles. The number of hydrogen-bond acceptors (Lipinski definition) is 5. The van der Waals surface area contributed by atoms with Crippen LogP contribution in [-0.4, -0.2) is 55.8 Å². The van der Waals surface area contributed by atoms with Crippen LogP contribution in [0.4, 0.5) is 10.1 Å². The molecule has 1 saturated carbocycles. The lowest BCUT2D eigenvalue weighted by molar-refractivity contribution is -0.140. The Bertz CT molecular complexity index is 1520. The molecule has 0 bridgehead atoms. The quantitative estimate of drug-likeness (QED) is 0.296. The summed E-state index contributed by atoms with van der Waals surface area (Å²) in [6.07, 6.45) is 6.02. The topological polar surface area (TPSA) is 104 Å². The van der Waals surface area contributed by atoms with E-state index in [1.807, 2.05) is 30.3 Å². The molecular weight excluding hydrogens is 569 g/mol. The van der Waals surface area contributed by atoms with Crippen LogP contribution in [0, 0.1) is 5.82 Å². The molecule has 2 amide bonds. The zero-order chi connectivity index (χ0) is 31.0. The van der Waals surface area contributed by atoms with Crippen molar-refractivity contribution in [3.63, 3.8) is 0 Å². The van der Waals surface area contributed by atoms with Crippen molar-refractivity contribution in [3.8, 4) is 0 Å². The molecule has 1 N–H and O–H groups in total. The van der Waals surface area contributed by atoms with Gasteiger partial charge in [-0.15, -0.1) is 0 Å². The van der Waals surface area contributed by atoms with Gasteiger partial charge in [-0.1, -0.05) is 73.9 Å². The number of amides is 2. The summed E-state index contributed by atoms with van der Waals surface area (Å²) in [6.45, 7) is 0.738. The molecule has 0 radical (unpaired) electrons. The number of nitrogens with zero attached hydrogens (tertiary/aromatic N) is 2. The number of Topliss-reactive ketones (excluding diaryl/α,β-unsaturated/α-hetero) is 1. The zero-order valence-electron chi connectivity index (χ0n) is 24.5. The number of sulfonamides is 1. The van der Waals surface area contributed by atoms with Crippen molar-refractivity contribution in [1.82, 2.24) is 10.2 Å². The van der Waals surface area contributed by atoms with Crippen molar-refractivity contribution in [2.45, 2.75) is 64.1 Å². The summed E-state index contributed by atoms with van der Waals surface area (Å²) in [5.41, 5.74) is 1.88. The van der Waals surface area contributed by atoms with Gasteiger partial charge in [-0.3, -0.25) is 18.7 Å². The SMILES string of the molecule is CC(=O)c1cccc(N(CC(=O)N(Cc2ccc(F)cc2)[C@@H](Cc2ccccc2)C(=O)NC2CCCCC2)S(C)(=O)=O)c1. The maximum Gasteiger partial charge on any atom is 0.244 e. The van der Waals surface area contributed by atoms with Crippen LogP contribution in [0.1, 0.15) is 60.5 Å². The number of carbonyl (C=O) groups is 3. The van der Waals surface area contributed by atoms with Gasteiger partial charge in [0.05, 0.1) is 11.9 Å². The molecule has 1 atom stereocenters. The Balaban J connectivity index is 1.73.